The van der Waals surface area contributed by atoms with Gasteiger partial charge in [0, 0.05) is 19.0 Å². The molecule has 16 heavy (non-hydrogen) atoms. The van der Waals surface area contributed by atoms with Gasteiger partial charge in [-0.2, -0.15) is 0 Å². The van der Waals surface area contributed by atoms with E-state index in [9.17, 15) is 0 Å². The summed E-state index contributed by atoms with van der Waals surface area (Å²) in [6.45, 7) is 0.802. The monoisotopic (exact) mass is 256 g/mol. The highest BCUT2D eigenvalue weighted by atomic mass is 35.5. The number of anilines is 1. The molecule has 2 N–H and O–H groups in total. The van der Waals surface area contributed by atoms with Crippen molar-refractivity contribution in [2.24, 2.45) is 5.73 Å². The SMILES string of the molecule is NC(=S)CCN(c1ccc(Cl)nn1)C1CC1. The minimum absolute atomic E-state index is 0.411. The number of hydrogen-bond acceptors (Lipinski definition) is 4. The second-order valence-corrected chi connectivity index (χ2v) is 4.77. The number of nitrogens with zero attached hydrogens (tertiary/aromatic N) is 3. The summed E-state index contributed by atoms with van der Waals surface area (Å²) in [7, 11) is 0. The number of halogens is 1. The molecule has 86 valence electrons. The predicted octanol–water partition coefficient (Wildman–Crippen LogP) is 1.78. The van der Waals surface area contributed by atoms with Gasteiger partial charge in [0.1, 0.15) is 0 Å². The first-order valence-electron chi connectivity index (χ1n) is 5.21. The molecule has 1 fully saturated rings. The number of rotatable bonds is 5. The maximum absolute atomic E-state index is 5.71. The molecule has 0 radical (unpaired) electrons. The molecular weight excluding hydrogens is 244 g/mol. The van der Waals surface area contributed by atoms with E-state index in [-0.39, 0.29) is 0 Å². The van der Waals surface area contributed by atoms with E-state index in [1.807, 2.05) is 6.07 Å². The molecule has 2 rings (SSSR count). The van der Waals surface area contributed by atoms with Crippen LogP contribution in [0, 0.1) is 0 Å². The van der Waals surface area contributed by atoms with Crippen molar-refractivity contribution >= 4 is 34.6 Å². The Morgan fingerprint density at radius 2 is 2.25 bits per heavy atom. The summed E-state index contributed by atoms with van der Waals surface area (Å²) in [6, 6.07) is 4.19. The van der Waals surface area contributed by atoms with Gasteiger partial charge in [0.15, 0.2) is 11.0 Å². The van der Waals surface area contributed by atoms with Crippen LogP contribution in [0.15, 0.2) is 12.1 Å². The second kappa shape index (κ2) is 4.93. The van der Waals surface area contributed by atoms with E-state index in [4.69, 9.17) is 29.6 Å². The van der Waals surface area contributed by atoms with Crippen LogP contribution in [0.4, 0.5) is 5.82 Å². The molecule has 1 aromatic heterocycles. The fourth-order valence-electron chi connectivity index (χ4n) is 1.56. The topological polar surface area (TPSA) is 55.0 Å². The van der Waals surface area contributed by atoms with Crippen molar-refractivity contribution < 1.29 is 0 Å². The molecule has 1 heterocycles. The van der Waals surface area contributed by atoms with Gasteiger partial charge in [-0.3, -0.25) is 0 Å². The lowest BCUT2D eigenvalue weighted by Crippen LogP contribution is -2.30. The Bertz CT molecular complexity index is 377. The van der Waals surface area contributed by atoms with Crippen molar-refractivity contribution in [2.45, 2.75) is 25.3 Å². The molecule has 4 nitrogen and oxygen atoms in total. The van der Waals surface area contributed by atoms with Crippen molar-refractivity contribution in [3.05, 3.63) is 17.3 Å². The lowest BCUT2D eigenvalue weighted by atomic mass is 10.3. The van der Waals surface area contributed by atoms with E-state index in [1.54, 1.807) is 6.07 Å². The molecule has 0 amide bonds. The van der Waals surface area contributed by atoms with Crippen LogP contribution in [0.2, 0.25) is 5.15 Å². The van der Waals surface area contributed by atoms with E-state index in [2.05, 4.69) is 15.1 Å². The summed E-state index contributed by atoms with van der Waals surface area (Å²) in [4.78, 5) is 2.73. The van der Waals surface area contributed by atoms with Crippen molar-refractivity contribution in [3.63, 3.8) is 0 Å². The Morgan fingerprint density at radius 3 is 2.75 bits per heavy atom. The van der Waals surface area contributed by atoms with Gasteiger partial charge in [0.25, 0.3) is 0 Å². The van der Waals surface area contributed by atoms with Crippen LogP contribution in [0.5, 0.6) is 0 Å². The molecule has 1 saturated carbocycles. The largest absolute Gasteiger partial charge is 0.393 e. The van der Waals surface area contributed by atoms with Crippen LogP contribution in [0.25, 0.3) is 0 Å². The normalized spacial score (nSPS) is 14.8. The molecule has 0 aliphatic heterocycles. The zero-order valence-electron chi connectivity index (χ0n) is 8.77. The zero-order valence-corrected chi connectivity index (χ0v) is 10.3. The van der Waals surface area contributed by atoms with Crippen molar-refractivity contribution in [1.29, 1.82) is 0 Å². The van der Waals surface area contributed by atoms with Crippen LogP contribution in [-0.4, -0.2) is 27.8 Å². The Hall–Kier alpha value is -0.940. The highest BCUT2D eigenvalue weighted by molar-refractivity contribution is 7.80. The minimum Gasteiger partial charge on any atom is -0.393 e. The fourth-order valence-corrected chi connectivity index (χ4v) is 1.76. The fraction of sp³-hybridized carbons (Fsp3) is 0.500. The van der Waals surface area contributed by atoms with Gasteiger partial charge < -0.3 is 10.6 Å². The summed E-state index contributed by atoms with van der Waals surface area (Å²) >= 11 is 10.6. The number of hydrogen-bond donors (Lipinski definition) is 1. The van der Waals surface area contributed by atoms with Crippen molar-refractivity contribution in [1.82, 2.24) is 10.2 Å². The van der Waals surface area contributed by atoms with Crippen LogP contribution in [0.3, 0.4) is 0 Å². The summed E-state index contributed by atoms with van der Waals surface area (Å²) in [6.07, 6.45) is 3.10. The van der Waals surface area contributed by atoms with Crippen LogP contribution in [0.1, 0.15) is 19.3 Å². The summed E-state index contributed by atoms with van der Waals surface area (Å²) in [5.41, 5.74) is 5.51. The molecule has 0 spiro atoms. The van der Waals surface area contributed by atoms with E-state index >= 15 is 0 Å². The van der Waals surface area contributed by atoms with Crippen LogP contribution >= 0.6 is 23.8 Å². The molecule has 1 aliphatic rings. The summed E-state index contributed by atoms with van der Waals surface area (Å²) in [5, 5.41) is 8.34. The van der Waals surface area contributed by atoms with Gasteiger partial charge in [-0.25, -0.2) is 0 Å². The molecule has 0 atom stereocenters. The zero-order chi connectivity index (χ0) is 11.5. The molecule has 1 aromatic rings. The Balaban J connectivity index is 2.06. The van der Waals surface area contributed by atoms with Gasteiger partial charge in [0.05, 0.1) is 4.99 Å². The Kier molecular flexibility index (Phi) is 3.56. The molecule has 0 bridgehead atoms. The molecule has 1 aliphatic carbocycles. The van der Waals surface area contributed by atoms with E-state index in [1.165, 1.54) is 12.8 Å². The number of thiocarbonyl (C=S) groups is 1. The quantitative estimate of drug-likeness (QED) is 0.814. The van der Waals surface area contributed by atoms with E-state index in [0.717, 1.165) is 12.4 Å². The second-order valence-electron chi connectivity index (χ2n) is 3.86. The summed E-state index contributed by atoms with van der Waals surface area (Å²) in [5.74, 6) is 0.850. The van der Waals surface area contributed by atoms with Gasteiger partial charge in [0.2, 0.25) is 0 Å². The van der Waals surface area contributed by atoms with Crippen LogP contribution in [-0.2, 0) is 0 Å². The number of aromatic nitrogens is 2. The first kappa shape index (κ1) is 11.5. The summed E-state index contributed by atoms with van der Waals surface area (Å²) < 4.78 is 0. The standard InChI is InChI=1S/C10H13ClN4S/c11-8-3-4-10(14-13-8)15(7-1-2-7)6-5-9(12)16/h3-4,7H,1-2,5-6H2,(H2,12,16). The highest BCUT2D eigenvalue weighted by Crippen LogP contribution is 2.30. The van der Waals surface area contributed by atoms with Gasteiger partial charge in [-0.05, 0) is 25.0 Å². The van der Waals surface area contributed by atoms with Gasteiger partial charge in [-0.1, -0.05) is 23.8 Å². The lowest BCUT2D eigenvalue weighted by Gasteiger charge is -2.22. The maximum Gasteiger partial charge on any atom is 0.151 e. The highest BCUT2D eigenvalue weighted by Gasteiger charge is 2.29. The van der Waals surface area contributed by atoms with Gasteiger partial charge in [-0.15, -0.1) is 10.2 Å². The average Bonchev–Trinajstić information content (AvgIpc) is 3.04. The Morgan fingerprint density at radius 1 is 1.50 bits per heavy atom. The van der Waals surface area contributed by atoms with Crippen molar-refractivity contribution in [3.8, 4) is 0 Å². The Labute approximate surface area is 105 Å². The van der Waals surface area contributed by atoms with E-state index < -0.39 is 0 Å². The molecule has 0 unspecified atom stereocenters. The van der Waals surface area contributed by atoms with E-state index in [0.29, 0.717) is 22.6 Å². The first-order chi connectivity index (χ1) is 7.66. The maximum atomic E-state index is 5.71. The van der Waals surface area contributed by atoms with Gasteiger partial charge >= 0.3 is 0 Å². The smallest absolute Gasteiger partial charge is 0.151 e. The third-order valence-electron chi connectivity index (χ3n) is 2.50. The number of nitrogens with two attached hydrogens (primary N) is 1. The average molecular weight is 257 g/mol. The predicted molar refractivity (Wildman–Crippen MR) is 68.8 cm³/mol. The molecular formula is C10H13ClN4S. The molecule has 0 aromatic carbocycles. The third kappa shape index (κ3) is 3.02. The van der Waals surface area contributed by atoms with Crippen LogP contribution < -0.4 is 10.6 Å². The first-order valence-corrected chi connectivity index (χ1v) is 5.99. The third-order valence-corrected chi connectivity index (χ3v) is 2.90. The molecule has 6 heteroatoms. The lowest BCUT2D eigenvalue weighted by molar-refractivity contribution is 0.772. The minimum atomic E-state index is 0.411. The van der Waals surface area contributed by atoms with Crippen molar-refractivity contribution in [2.75, 3.05) is 11.4 Å². The molecule has 0 saturated heterocycles.